The van der Waals surface area contributed by atoms with E-state index in [9.17, 15) is 4.79 Å². The molecule has 2 aromatic rings. The average molecular weight is 439 g/mol. The maximum absolute atomic E-state index is 12.8. The van der Waals surface area contributed by atoms with Crippen molar-refractivity contribution in [3.8, 4) is 0 Å². The van der Waals surface area contributed by atoms with Crippen LogP contribution < -0.4 is 15.6 Å². The van der Waals surface area contributed by atoms with Gasteiger partial charge in [0.2, 0.25) is 5.69 Å². The lowest BCUT2D eigenvalue weighted by Crippen LogP contribution is -2.62. The monoisotopic (exact) mass is 438 g/mol. The van der Waals surface area contributed by atoms with Crippen LogP contribution in [0.5, 0.6) is 0 Å². The number of fused-ring (bicyclic) bond motifs is 1. The van der Waals surface area contributed by atoms with Gasteiger partial charge in [-0.05, 0) is 37.6 Å². The SMILES string of the molecule is CCOC(=O)C1=C(C)NC2=C(C=[NH+]c3ccccc3N2)[C@H]1c1ccc(Br)cc1. The van der Waals surface area contributed by atoms with Crippen LogP contribution in [0, 0.1) is 0 Å². The number of hydrogen-bond acceptors (Lipinski definition) is 4. The Bertz CT molecular complexity index is 1020. The number of hydrogen-bond donors (Lipinski definition) is 3. The predicted octanol–water partition coefficient (Wildman–Crippen LogP) is 3.09. The number of nitrogens with one attached hydrogen (secondary N) is 3. The molecule has 0 unspecified atom stereocenters. The molecule has 28 heavy (non-hydrogen) atoms. The largest absolute Gasteiger partial charge is 0.463 e. The third kappa shape index (κ3) is 3.36. The highest BCUT2D eigenvalue weighted by molar-refractivity contribution is 9.10. The standard InChI is InChI=1S/C22H20BrN3O2/c1-3-28-22(27)19-13(2)25-21-16(20(19)14-8-10-15(23)11-9-14)12-24-17-6-4-5-7-18(17)26-21/h4-12,20,25-26H,3H2,1-2H3/p+1/t20-/m1/s1. The molecule has 5 nitrogen and oxygen atoms in total. The Hall–Kier alpha value is -2.86. The smallest absolute Gasteiger partial charge is 0.336 e. The molecular weight excluding hydrogens is 418 g/mol. The van der Waals surface area contributed by atoms with Gasteiger partial charge in [-0.1, -0.05) is 40.2 Å². The zero-order valence-corrected chi connectivity index (χ0v) is 17.3. The predicted molar refractivity (Wildman–Crippen MR) is 113 cm³/mol. The van der Waals surface area contributed by atoms with Crippen molar-refractivity contribution in [1.29, 1.82) is 0 Å². The van der Waals surface area contributed by atoms with Gasteiger partial charge in [0.05, 0.1) is 23.7 Å². The molecule has 2 aliphatic heterocycles. The van der Waals surface area contributed by atoms with Gasteiger partial charge in [-0.2, -0.15) is 0 Å². The van der Waals surface area contributed by atoms with E-state index in [4.69, 9.17) is 4.74 Å². The van der Waals surface area contributed by atoms with Crippen LogP contribution in [0.15, 0.2) is 75.7 Å². The molecule has 0 bridgehead atoms. The Kier molecular flexibility index (Phi) is 5.05. The van der Waals surface area contributed by atoms with Gasteiger partial charge in [-0.15, -0.1) is 0 Å². The summed E-state index contributed by atoms with van der Waals surface area (Å²) in [7, 11) is 0. The summed E-state index contributed by atoms with van der Waals surface area (Å²) in [4.78, 5) is 16.2. The molecule has 0 saturated heterocycles. The van der Waals surface area contributed by atoms with Crippen molar-refractivity contribution < 1.29 is 14.5 Å². The Morgan fingerprint density at radius 3 is 2.64 bits per heavy atom. The highest BCUT2D eigenvalue weighted by atomic mass is 79.9. The molecule has 0 radical (unpaired) electrons. The van der Waals surface area contributed by atoms with Crippen molar-refractivity contribution in [2.24, 2.45) is 0 Å². The molecule has 0 aromatic heterocycles. The van der Waals surface area contributed by atoms with E-state index in [1.54, 1.807) is 0 Å². The Morgan fingerprint density at radius 2 is 1.89 bits per heavy atom. The first-order valence-corrected chi connectivity index (χ1v) is 9.98. The molecule has 0 saturated carbocycles. The lowest BCUT2D eigenvalue weighted by molar-refractivity contribution is -0.345. The Labute approximate surface area is 172 Å². The van der Waals surface area contributed by atoms with Crippen LogP contribution >= 0.6 is 15.9 Å². The fourth-order valence-corrected chi connectivity index (χ4v) is 3.86. The quantitative estimate of drug-likeness (QED) is 0.644. The van der Waals surface area contributed by atoms with E-state index in [1.165, 1.54) is 0 Å². The number of para-hydroxylation sites is 2. The van der Waals surface area contributed by atoms with Crippen molar-refractivity contribution in [1.82, 2.24) is 5.32 Å². The fraction of sp³-hybridized carbons (Fsp3) is 0.182. The highest BCUT2D eigenvalue weighted by Crippen LogP contribution is 2.39. The number of halogens is 1. The number of benzene rings is 2. The number of allylic oxidation sites excluding steroid dienone is 2. The van der Waals surface area contributed by atoms with Gasteiger partial charge >= 0.3 is 5.97 Å². The molecule has 0 amide bonds. The van der Waals surface area contributed by atoms with Gasteiger partial charge in [0.15, 0.2) is 6.21 Å². The summed E-state index contributed by atoms with van der Waals surface area (Å²) in [6, 6.07) is 16.0. The zero-order valence-electron chi connectivity index (χ0n) is 15.7. The number of dihydropyridines is 1. The molecule has 2 heterocycles. The third-order valence-electron chi connectivity index (χ3n) is 4.87. The normalized spacial score (nSPS) is 17.9. The first-order chi connectivity index (χ1) is 13.6. The van der Waals surface area contributed by atoms with Gasteiger partial charge in [-0.3, -0.25) is 0 Å². The molecule has 142 valence electrons. The van der Waals surface area contributed by atoms with Crippen LogP contribution in [-0.4, -0.2) is 18.8 Å². The van der Waals surface area contributed by atoms with Crippen molar-refractivity contribution >= 4 is 39.5 Å². The second kappa shape index (κ2) is 7.64. The van der Waals surface area contributed by atoms with Crippen LogP contribution in [0.4, 0.5) is 11.4 Å². The molecule has 2 aliphatic rings. The molecule has 4 rings (SSSR count). The summed E-state index contributed by atoms with van der Waals surface area (Å²) in [6.45, 7) is 4.06. The fourth-order valence-electron chi connectivity index (χ4n) is 3.59. The lowest BCUT2D eigenvalue weighted by atomic mass is 9.82. The van der Waals surface area contributed by atoms with E-state index in [-0.39, 0.29) is 11.9 Å². The van der Waals surface area contributed by atoms with Crippen LogP contribution in [0.2, 0.25) is 0 Å². The van der Waals surface area contributed by atoms with Gasteiger partial charge < -0.3 is 15.4 Å². The van der Waals surface area contributed by atoms with Gasteiger partial charge in [0.25, 0.3) is 0 Å². The lowest BCUT2D eigenvalue weighted by Gasteiger charge is -2.29. The summed E-state index contributed by atoms with van der Waals surface area (Å²) in [6.07, 6.45) is 1.96. The van der Waals surface area contributed by atoms with E-state index in [0.717, 1.165) is 38.5 Å². The molecule has 6 heteroatoms. The van der Waals surface area contributed by atoms with Crippen LogP contribution in [0.1, 0.15) is 25.3 Å². The van der Waals surface area contributed by atoms with Crippen molar-refractivity contribution in [2.45, 2.75) is 19.8 Å². The van der Waals surface area contributed by atoms with E-state index in [0.29, 0.717) is 12.2 Å². The van der Waals surface area contributed by atoms with Crippen LogP contribution in [-0.2, 0) is 9.53 Å². The number of esters is 1. The topological polar surface area (TPSA) is 64.3 Å². The summed E-state index contributed by atoms with van der Waals surface area (Å²) in [5, 5.41) is 6.84. The van der Waals surface area contributed by atoms with E-state index >= 15 is 0 Å². The summed E-state index contributed by atoms with van der Waals surface area (Å²) >= 11 is 3.49. The number of carbonyl (C=O) groups is 1. The Balaban J connectivity index is 1.86. The van der Waals surface area contributed by atoms with Crippen molar-refractivity contribution in [2.75, 3.05) is 11.9 Å². The first kappa shape index (κ1) is 18.5. The van der Waals surface area contributed by atoms with Crippen LogP contribution in [0.3, 0.4) is 0 Å². The van der Waals surface area contributed by atoms with E-state index in [1.807, 2.05) is 68.6 Å². The summed E-state index contributed by atoms with van der Waals surface area (Å²) in [5.41, 5.74) is 5.32. The summed E-state index contributed by atoms with van der Waals surface area (Å²) < 4.78 is 6.37. The minimum Gasteiger partial charge on any atom is -0.463 e. The summed E-state index contributed by atoms with van der Waals surface area (Å²) in [5.74, 6) is 0.302. The van der Waals surface area contributed by atoms with Crippen molar-refractivity contribution in [3.05, 3.63) is 81.2 Å². The van der Waals surface area contributed by atoms with E-state index in [2.05, 4.69) is 31.6 Å². The average Bonchev–Trinajstić information content (AvgIpc) is 2.86. The minimum atomic E-state index is -0.304. The highest BCUT2D eigenvalue weighted by Gasteiger charge is 2.36. The molecule has 3 N–H and O–H groups in total. The maximum atomic E-state index is 12.8. The number of rotatable bonds is 3. The Morgan fingerprint density at radius 1 is 1.14 bits per heavy atom. The first-order valence-electron chi connectivity index (χ1n) is 9.19. The number of anilines is 1. The second-order valence-corrected chi connectivity index (χ2v) is 7.57. The maximum Gasteiger partial charge on any atom is 0.336 e. The van der Waals surface area contributed by atoms with Gasteiger partial charge in [0, 0.05) is 16.2 Å². The second-order valence-electron chi connectivity index (χ2n) is 6.66. The number of carbonyl (C=O) groups excluding carboxylic acids is 1. The van der Waals surface area contributed by atoms with Crippen molar-refractivity contribution in [3.63, 3.8) is 0 Å². The molecule has 0 aliphatic carbocycles. The molecular formula is C22H21BrN3O2+. The molecule has 0 spiro atoms. The zero-order chi connectivity index (χ0) is 19.7. The number of ether oxygens (including phenoxy) is 1. The van der Waals surface area contributed by atoms with Gasteiger partial charge in [0.1, 0.15) is 11.5 Å². The minimum absolute atomic E-state index is 0.252. The molecule has 2 aromatic carbocycles. The van der Waals surface area contributed by atoms with E-state index < -0.39 is 0 Å². The molecule has 0 fully saturated rings. The van der Waals surface area contributed by atoms with Crippen LogP contribution in [0.25, 0.3) is 0 Å². The van der Waals surface area contributed by atoms with Gasteiger partial charge in [-0.25, -0.2) is 9.79 Å². The molecule has 1 atom stereocenters. The third-order valence-corrected chi connectivity index (χ3v) is 5.40.